The van der Waals surface area contributed by atoms with E-state index >= 15 is 0 Å². The van der Waals surface area contributed by atoms with Gasteiger partial charge in [0.05, 0.1) is 0 Å². The summed E-state index contributed by atoms with van der Waals surface area (Å²) in [5.74, 6) is -0.364. The van der Waals surface area contributed by atoms with E-state index in [-0.39, 0.29) is 11.4 Å². The number of carbonyl (C=O) groups is 2. The van der Waals surface area contributed by atoms with Crippen LogP contribution in [0.2, 0.25) is 0 Å². The predicted molar refractivity (Wildman–Crippen MR) is 53.4 cm³/mol. The highest BCUT2D eigenvalue weighted by Gasteiger charge is 2.42. The van der Waals surface area contributed by atoms with Crippen LogP contribution in [0.25, 0.3) is 0 Å². The maximum absolute atomic E-state index is 11.6. The Balaban J connectivity index is 2.93. The van der Waals surface area contributed by atoms with Gasteiger partial charge in [-0.05, 0) is 26.7 Å². The number of rotatable bonds is 3. The zero-order chi connectivity index (χ0) is 10.9. The lowest BCUT2D eigenvalue weighted by Crippen LogP contribution is -2.53. The SMILES string of the molecule is CCC(C(N)=O)N1C(=O)CCC1(C)C. The maximum Gasteiger partial charge on any atom is 0.240 e. The first-order valence-electron chi connectivity index (χ1n) is 5.01. The molecular formula is C10H18N2O2. The molecule has 4 nitrogen and oxygen atoms in total. The Hall–Kier alpha value is -1.06. The number of likely N-dealkylation sites (tertiary alicyclic amines) is 1. The highest BCUT2D eigenvalue weighted by atomic mass is 16.2. The largest absolute Gasteiger partial charge is 0.368 e. The van der Waals surface area contributed by atoms with Gasteiger partial charge in [0.25, 0.3) is 0 Å². The van der Waals surface area contributed by atoms with E-state index in [1.807, 2.05) is 20.8 Å². The highest BCUT2D eigenvalue weighted by Crippen LogP contribution is 2.32. The molecule has 1 aliphatic rings. The first kappa shape index (κ1) is 11.0. The molecule has 1 unspecified atom stereocenters. The Morgan fingerprint density at radius 1 is 1.64 bits per heavy atom. The van der Waals surface area contributed by atoms with E-state index in [0.717, 1.165) is 6.42 Å². The second-order valence-electron chi connectivity index (χ2n) is 4.40. The van der Waals surface area contributed by atoms with Crippen LogP contribution in [0.3, 0.4) is 0 Å². The molecule has 1 aliphatic heterocycles. The minimum Gasteiger partial charge on any atom is -0.368 e. The lowest BCUT2D eigenvalue weighted by molar-refractivity contribution is -0.140. The monoisotopic (exact) mass is 198 g/mol. The molecular weight excluding hydrogens is 180 g/mol. The number of nitrogens with zero attached hydrogens (tertiary/aromatic N) is 1. The van der Waals surface area contributed by atoms with Crippen LogP contribution in [-0.4, -0.2) is 28.3 Å². The normalized spacial score (nSPS) is 22.5. The van der Waals surface area contributed by atoms with E-state index in [9.17, 15) is 9.59 Å². The standard InChI is InChI=1S/C10H18N2O2/c1-4-7(9(11)14)12-8(13)5-6-10(12,2)3/h7H,4-6H2,1-3H3,(H2,11,14). The van der Waals surface area contributed by atoms with Gasteiger partial charge >= 0.3 is 0 Å². The fourth-order valence-corrected chi connectivity index (χ4v) is 2.10. The van der Waals surface area contributed by atoms with Crippen LogP contribution in [0.1, 0.15) is 40.0 Å². The van der Waals surface area contributed by atoms with Crippen LogP contribution in [-0.2, 0) is 9.59 Å². The number of hydrogen-bond acceptors (Lipinski definition) is 2. The molecule has 0 aromatic carbocycles. The molecule has 1 fully saturated rings. The zero-order valence-corrected chi connectivity index (χ0v) is 9.04. The molecule has 1 heterocycles. The third-order valence-electron chi connectivity index (χ3n) is 2.90. The van der Waals surface area contributed by atoms with Gasteiger partial charge in [-0.2, -0.15) is 0 Å². The van der Waals surface area contributed by atoms with Gasteiger partial charge in [-0.15, -0.1) is 0 Å². The average molecular weight is 198 g/mol. The van der Waals surface area contributed by atoms with Gasteiger partial charge in [-0.3, -0.25) is 9.59 Å². The number of primary amides is 1. The third kappa shape index (κ3) is 1.74. The van der Waals surface area contributed by atoms with Crippen molar-refractivity contribution in [3.8, 4) is 0 Å². The second-order valence-corrected chi connectivity index (χ2v) is 4.40. The quantitative estimate of drug-likeness (QED) is 0.723. The van der Waals surface area contributed by atoms with E-state index in [4.69, 9.17) is 5.73 Å². The molecule has 0 bridgehead atoms. The number of carbonyl (C=O) groups excluding carboxylic acids is 2. The van der Waals surface area contributed by atoms with Crippen LogP contribution < -0.4 is 5.73 Å². The van der Waals surface area contributed by atoms with Crippen LogP contribution in [0.5, 0.6) is 0 Å². The number of hydrogen-bond donors (Lipinski definition) is 1. The second kappa shape index (κ2) is 3.59. The van der Waals surface area contributed by atoms with Crippen LogP contribution in [0, 0.1) is 0 Å². The Morgan fingerprint density at radius 3 is 2.50 bits per heavy atom. The van der Waals surface area contributed by atoms with Crippen molar-refractivity contribution in [2.45, 2.75) is 51.6 Å². The van der Waals surface area contributed by atoms with E-state index in [2.05, 4.69) is 0 Å². The van der Waals surface area contributed by atoms with Crippen LogP contribution in [0.15, 0.2) is 0 Å². The molecule has 0 spiro atoms. The smallest absolute Gasteiger partial charge is 0.240 e. The Kier molecular flexibility index (Phi) is 2.83. The Morgan fingerprint density at radius 2 is 2.21 bits per heavy atom. The van der Waals surface area contributed by atoms with Crippen molar-refractivity contribution in [1.29, 1.82) is 0 Å². The molecule has 0 saturated carbocycles. The number of nitrogens with two attached hydrogens (primary N) is 1. The fourth-order valence-electron chi connectivity index (χ4n) is 2.10. The van der Waals surface area contributed by atoms with Crippen molar-refractivity contribution in [1.82, 2.24) is 4.90 Å². The summed E-state index contributed by atoms with van der Waals surface area (Å²) in [5, 5.41) is 0. The maximum atomic E-state index is 11.6. The van der Waals surface area contributed by atoms with Gasteiger partial charge in [-0.1, -0.05) is 6.92 Å². The summed E-state index contributed by atoms with van der Waals surface area (Å²) in [4.78, 5) is 24.4. The van der Waals surface area contributed by atoms with Gasteiger partial charge in [0, 0.05) is 12.0 Å². The fraction of sp³-hybridized carbons (Fsp3) is 0.800. The molecule has 0 radical (unpaired) electrons. The van der Waals surface area contributed by atoms with Crippen molar-refractivity contribution >= 4 is 11.8 Å². The summed E-state index contributed by atoms with van der Waals surface area (Å²) >= 11 is 0. The summed E-state index contributed by atoms with van der Waals surface area (Å²) in [6.07, 6.45) is 1.91. The summed E-state index contributed by atoms with van der Waals surface area (Å²) in [6.45, 7) is 5.82. The van der Waals surface area contributed by atoms with Gasteiger partial charge < -0.3 is 10.6 Å². The molecule has 2 amide bonds. The minimum absolute atomic E-state index is 0.0423. The first-order valence-corrected chi connectivity index (χ1v) is 5.01. The molecule has 0 aromatic heterocycles. The van der Waals surface area contributed by atoms with Gasteiger partial charge in [-0.25, -0.2) is 0 Å². The Bertz CT molecular complexity index is 261. The molecule has 1 atom stereocenters. The van der Waals surface area contributed by atoms with Gasteiger partial charge in [0.1, 0.15) is 6.04 Å². The molecule has 80 valence electrons. The zero-order valence-electron chi connectivity index (χ0n) is 9.04. The third-order valence-corrected chi connectivity index (χ3v) is 2.90. The highest BCUT2D eigenvalue weighted by molar-refractivity contribution is 5.88. The summed E-state index contributed by atoms with van der Waals surface area (Å²) in [7, 11) is 0. The van der Waals surface area contributed by atoms with Crippen molar-refractivity contribution in [3.63, 3.8) is 0 Å². The van der Waals surface area contributed by atoms with E-state index in [1.165, 1.54) is 0 Å². The van der Waals surface area contributed by atoms with Crippen molar-refractivity contribution in [2.24, 2.45) is 5.73 Å². The molecule has 0 aliphatic carbocycles. The van der Waals surface area contributed by atoms with Crippen molar-refractivity contribution in [3.05, 3.63) is 0 Å². The van der Waals surface area contributed by atoms with Crippen molar-refractivity contribution in [2.75, 3.05) is 0 Å². The molecule has 4 heteroatoms. The average Bonchev–Trinajstić information content (AvgIpc) is 2.32. The topological polar surface area (TPSA) is 63.4 Å². The number of amides is 2. The molecule has 1 rings (SSSR count). The van der Waals surface area contributed by atoms with Crippen molar-refractivity contribution < 1.29 is 9.59 Å². The van der Waals surface area contributed by atoms with Crippen LogP contribution in [0.4, 0.5) is 0 Å². The molecule has 1 saturated heterocycles. The summed E-state index contributed by atoms with van der Waals surface area (Å²) in [6, 6.07) is -0.444. The van der Waals surface area contributed by atoms with Gasteiger partial charge in [0.15, 0.2) is 0 Å². The lowest BCUT2D eigenvalue weighted by Gasteiger charge is -2.36. The first-order chi connectivity index (χ1) is 6.40. The molecule has 0 aromatic rings. The minimum atomic E-state index is -0.444. The molecule has 2 N–H and O–H groups in total. The predicted octanol–water partition coefficient (Wildman–Crippen LogP) is 0.651. The Labute approximate surface area is 84.4 Å². The molecule has 14 heavy (non-hydrogen) atoms. The van der Waals surface area contributed by atoms with E-state index in [1.54, 1.807) is 4.90 Å². The van der Waals surface area contributed by atoms with E-state index in [0.29, 0.717) is 12.8 Å². The summed E-state index contributed by atoms with van der Waals surface area (Å²) < 4.78 is 0. The lowest BCUT2D eigenvalue weighted by atomic mass is 9.99. The summed E-state index contributed by atoms with van der Waals surface area (Å²) in [5.41, 5.74) is 5.05. The van der Waals surface area contributed by atoms with Gasteiger partial charge in [0.2, 0.25) is 11.8 Å². The van der Waals surface area contributed by atoms with E-state index < -0.39 is 11.9 Å². The van der Waals surface area contributed by atoms with Crippen LogP contribution >= 0.6 is 0 Å².